The fraction of sp³-hybridized carbons (Fsp3) is 0.217. The number of aromatic nitrogens is 5. The van der Waals surface area contributed by atoms with Crippen LogP contribution >= 0.6 is 23.1 Å². The molecule has 6 rings (SSSR count). The summed E-state index contributed by atoms with van der Waals surface area (Å²) in [6, 6.07) is 14.4. The molecule has 0 bridgehead atoms. The summed E-state index contributed by atoms with van der Waals surface area (Å²) in [5.41, 5.74) is 6.55. The molecule has 0 atom stereocenters. The van der Waals surface area contributed by atoms with Crippen molar-refractivity contribution in [3.05, 3.63) is 48.0 Å². The number of nitrogens with zero attached hydrogens (tertiary/aromatic N) is 5. The first-order valence-corrected chi connectivity index (χ1v) is 13.0. The van der Waals surface area contributed by atoms with Crippen molar-refractivity contribution in [3.8, 4) is 0 Å². The lowest BCUT2D eigenvalue weighted by Crippen LogP contribution is -2.36. The monoisotopic (exact) mass is 490 g/mol. The number of anilines is 5. The smallest absolute Gasteiger partial charge is 0.231 e. The van der Waals surface area contributed by atoms with Gasteiger partial charge in [0.25, 0.3) is 0 Å². The van der Waals surface area contributed by atoms with E-state index in [0.717, 1.165) is 58.3 Å². The van der Waals surface area contributed by atoms with Gasteiger partial charge in [0.1, 0.15) is 10.8 Å². The summed E-state index contributed by atoms with van der Waals surface area (Å²) < 4.78 is 6.57. The van der Waals surface area contributed by atoms with E-state index in [9.17, 15) is 0 Å². The third-order valence-electron chi connectivity index (χ3n) is 5.67. The van der Waals surface area contributed by atoms with Gasteiger partial charge in [0, 0.05) is 30.2 Å². The average molecular weight is 491 g/mol. The summed E-state index contributed by atoms with van der Waals surface area (Å²) in [7, 11) is 0. The molecule has 0 amide bonds. The highest BCUT2D eigenvalue weighted by molar-refractivity contribution is 7.98. The molecule has 1 aliphatic heterocycles. The maximum atomic E-state index is 5.45. The van der Waals surface area contributed by atoms with Crippen LogP contribution < -0.4 is 15.5 Å². The van der Waals surface area contributed by atoms with Gasteiger partial charge in [-0.25, -0.2) is 4.98 Å². The summed E-state index contributed by atoms with van der Waals surface area (Å²) in [5, 5.41) is 16.0. The van der Waals surface area contributed by atoms with E-state index >= 15 is 0 Å². The first-order valence-electron chi connectivity index (χ1n) is 10.9. The SMILES string of the molecule is CSc1n[nH]c2nc(Nc3ccc(N4CCOCC4)cc3)nc(Nc3ccc4ncsc4c3)c12. The van der Waals surface area contributed by atoms with Crippen LogP contribution in [0.25, 0.3) is 21.3 Å². The molecule has 4 heterocycles. The van der Waals surface area contributed by atoms with Gasteiger partial charge in [-0.2, -0.15) is 15.1 Å². The molecular weight excluding hydrogens is 468 g/mol. The van der Waals surface area contributed by atoms with Crippen LogP contribution in [0.1, 0.15) is 0 Å². The number of aromatic amines is 1. The van der Waals surface area contributed by atoms with Crippen LogP contribution in [-0.4, -0.2) is 57.7 Å². The summed E-state index contributed by atoms with van der Waals surface area (Å²) in [6.07, 6.45) is 1.99. The average Bonchev–Trinajstić information content (AvgIpc) is 3.51. The number of fused-ring (bicyclic) bond motifs is 2. The lowest BCUT2D eigenvalue weighted by molar-refractivity contribution is 0.122. The van der Waals surface area contributed by atoms with E-state index in [0.29, 0.717) is 17.4 Å². The quantitative estimate of drug-likeness (QED) is 0.283. The minimum atomic E-state index is 0.490. The molecule has 2 aromatic carbocycles. The van der Waals surface area contributed by atoms with Gasteiger partial charge in [0.2, 0.25) is 5.95 Å². The van der Waals surface area contributed by atoms with Crippen molar-refractivity contribution in [2.75, 3.05) is 48.1 Å². The molecule has 34 heavy (non-hydrogen) atoms. The molecule has 3 N–H and O–H groups in total. The van der Waals surface area contributed by atoms with Crippen molar-refractivity contribution in [3.63, 3.8) is 0 Å². The maximum absolute atomic E-state index is 5.45. The van der Waals surface area contributed by atoms with E-state index in [2.05, 4.69) is 53.9 Å². The van der Waals surface area contributed by atoms with Crippen LogP contribution in [0.2, 0.25) is 0 Å². The molecule has 0 spiro atoms. The summed E-state index contributed by atoms with van der Waals surface area (Å²) in [6.45, 7) is 3.35. The lowest BCUT2D eigenvalue weighted by atomic mass is 10.2. The van der Waals surface area contributed by atoms with Crippen LogP contribution in [0.5, 0.6) is 0 Å². The zero-order valence-corrected chi connectivity index (χ0v) is 20.0. The molecule has 1 fully saturated rings. The zero-order valence-electron chi connectivity index (χ0n) is 18.4. The molecule has 11 heteroatoms. The van der Waals surface area contributed by atoms with Gasteiger partial charge in [0.15, 0.2) is 5.65 Å². The van der Waals surface area contributed by atoms with Gasteiger partial charge >= 0.3 is 0 Å². The predicted molar refractivity (Wildman–Crippen MR) is 139 cm³/mol. The minimum absolute atomic E-state index is 0.490. The standard InChI is InChI=1S/C23H22N8OS2/c1-33-22-19-20(25-15-4-7-17-18(12-15)34-13-24-17)27-23(28-21(19)29-30-22)26-14-2-5-16(6-3-14)31-8-10-32-11-9-31/h2-7,12-13H,8-11H2,1H3,(H3,25,26,27,28,29,30). The minimum Gasteiger partial charge on any atom is -0.378 e. The van der Waals surface area contributed by atoms with Gasteiger partial charge < -0.3 is 20.3 Å². The topological polar surface area (TPSA) is 104 Å². The van der Waals surface area contributed by atoms with Crippen LogP contribution in [0.4, 0.5) is 28.8 Å². The number of thiazole rings is 1. The van der Waals surface area contributed by atoms with Crippen molar-refractivity contribution >= 4 is 73.2 Å². The highest BCUT2D eigenvalue weighted by atomic mass is 32.2. The number of thioether (sulfide) groups is 1. The van der Waals surface area contributed by atoms with Gasteiger partial charge in [0.05, 0.1) is 34.3 Å². The fourth-order valence-corrected chi connectivity index (χ4v) is 5.22. The first-order chi connectivity index (χ1) is 16.8. The van der Waals surface area contributed by atoms with Gasteiger partial charge in [-0.15, -0.1) is 23.1 Å². The molecule has 172 valence electrons. The van der Waals surface area contributed by atoms with Crippen molar-refractivity contribution < 1.29 is 4.74 Å². The van der Waals surface area contributed by atoms with Gasteiger partial charge in [-0.3, -0.25) is 5.10 Å². The van der Waals surface area contributed by atoms with Crippen molar-refractivity contribution in [2.45, 2.75) is 5.03 Å². The normalized spacial score (nSPS) is 14.1. The second kappa shape index (κ2) is 9.09. The van der Waals surface area contributed by atoms with Crippen molar-refractivity contribution in [1.29, 1.82) is 0 Å². The predicted octanol–water partition coefficient (Wildman–Crippen LogP) is 5.01. The number of hydrogen-bond acceptors (Lipinski definition) is 10. The Kier molecular flexibility index (Phi) is 5.65. The number of ether oxygens (including phenoxy) is 1. The molecule has 0 radical (unpaired) electrons. The number of benzene rings is 2. The number of H-pyrrole nitrogens is 1. The summed E-state index contributed by atoms with van der Waals surface area (Å²) in [4.78, 5) is 16.2. The summed E-state index contributed by atoms with van der Waals surface area (Å²) >= 11 is 3.17. The summed E-state index contributed by atoms with van der Waals surface area (Å²) in [5.74, 6) is 1.18. The Bertz CT molecular complexity index is 1440. The maximum Gasteiger partial charge on any atom is 0.231 e. The molecule has 5 aromatic rings. The first kappa shape index (κ1) is 21.1. The Morgan fingerprint density at radius 3 is 2.68 bits per heavy atom. The second-order valence-electron chi connectivity index (χ2n) is 7.78. The zero-order chi connectivity index (χ0) is 22.9. The Morgan fingerprint density at radius 2 is 1.85 bits per heavy atom. The molecule has 0 saturated carbocycles. The van der Waals surface area contributed by atoms with E-state index in [-0.39, 0.29) is 0 Å². The molecule has 1 saturated heterocycles. The molecule has 0 aliphatic carbocycles. The molecule has 0 unspecified atom stereocenters. The van der Waals surface area contributed by atoms with E-state index in [1.165, 1.54) is 5.69 Å². The van der Waals surface area contributed by atoms with E-state index in [1.54, 1.807) is 23.1 Å². The van der Waals surface area contributed by atoms with Crippen molar-refractivity contribution in [2.24, 2.45) is 0 Å². The molecule has 3 aromatic heterocycles. The Morgan fingerprint density at radius 1 is 1.03 bits per heavy atom. The van der Waals surface area contributed by atoms with E-state index in [1.807, 2.05) is 36.0 Å². The number of rotatable bonds is 6. The number of hydrogen-bond donors (Lipinski definition) is 3. The Balaban J connectivity index is 1.31. The van der Waals surface area contributed by atoms with E-state index < -0.39 is 0 Å². The highest BCUT2D eigenvalue weighted by Crippen LogP contribution is 2.33. The number of nitrogens with one attached hydrogen (secondary N) is 3. The Labute approximate surface area is 204 Å². The number of morpholine rings is 1. The second-order valence-corrected chi connectivity index (χ2v) is 9.46. The van der Waals surface area contributed by atoms with Gasteiger partial charge in [-0.05, 0) is 48.7 Å². The molecule has 9 nitrogen and oxygen atoms in total. The molecular formula is C23H22N8OS2. The third-order valence-corrected chi connectivity index (χ3v) is 7.15. The van der Waals surface area contributed by atoms with E-state index in [4.69, 9.17) is 9.72 Å². The van der Waals surface area contributed by atoms with Gasteiger partial charge in [-0.1, -0.05) is 0 Å². The highest BCUT2D eigenvalue weighted by Gasteiger charge is 2.16. The lowest BCUT2D eigenvalue weighted by Gasteiger charge is -2.28. The Hall–Kier alpha value is -3.41. The fourth-order valence-electron chi connectivity index (χ4n) is 3.97. The van der Waals surface area contributed by atoms with Crippen LogP contribution in [0, 0.1) is 0 Å². The van der Waals surface area contributed by atoms with Crippen LogP contribution in [-0.2, 0) is 4.74 Å². The van der Waals surface area contributed by atoms with Crippen molar-refractivity contribution in [1.82, 2.24) is 25.1 Å². The third kappa shape index (κ3) is 4.13. The van der Waals surface area contributed by atoms with Crippen LogP contribution in [0.3, 0.4) is 0 Å². The molecule has 1 aliphatic rings. The van der Waals surface area contributed by atoms with Crippen LogP contribution in [0.15, 0.2) is 53.0 Å². The largest absolute Gasteiger partial charge is 0.378 e.